The number of halogens is 2. The third-order valence-corrected chi connectivity index (χ3v) is 8.34. The van der Waals surface area contributed by atoms with Crippen molar-refractivity contribution in [3.05, 3.63) is 94.4 Å². The fourth-order valence-corrected chi connectivity index (χ4v) is 5.72. The van der Waals surface area contributed by atoms with E-state index in [1.54, 1.807) is 13.0 Å². The molecular weight excluding hydrogens is 554 g/mol. The number of nitrogens with two attached hydrogens (primary N) is 1. The highest BCUT2D eigenvalue weighted by Crippen LogP contribution is 2.30. The van der Waals surface area contributed by atoms with E-state index < -0.39 is 27.4 Å². The van der Waals surface area contributed by atoms with Gasteiger partial charge in [-0.15, -0.1) is 0 Å². The number of carbonyl (C=O) groups excluding carboxylic acids is 1. The number of fused-ring (bicyclic) bond motifs is 2. The van der Waals surface area contributed by atoms with Crippen LogP contribution in [0.3, 0.4) is 0 Å². The minimum Gasteiger partial charge on any atom is -0.433 e. The van der Waals surface area contributed by atoms with Gasteiger partial charge in [0.2, 0.25) is 27.4 Å². The molecule has 0 amide bonds. The van der Waals surface area contributed by atoms with Crippen LogP contribution in [0.4, 0.5) is 14.6 Å². The number of nitrogens with zero attached hydrogens (tertiary/aromatic N) is 4. The number of hydrogen-bond donors (Lipinski definition) is 2. The molecule has 1 aliphatic rings. The van der Waals surface area contributed by atoms with Gasteiger partial charge in [0.15, 0.2) is 11.6 Å². The van der Waals surface area contributed by atoms with E-state index in [4.69, 9.17) is 10.5 Å². The molecule has 1 aliphatic heterocycles. The molecule has 6 rings (SSSR count). The summed E-state index contributed by atoms with van der Waals surface area (Å²) in [5, 5.41) is 5.05. The van der Waals surface area contributed by atoms with Gasteiger partial charge in [0.25, 0.3) is 0 Å². The molecule has 41 heavy (non-hydrogen) atoms. The zero-order chi connectivity index (χ0) is 29.1. The predicted octanol–water partition coefficient (Wildman–Crippen LogP) is 4.26. The average molecular weight is 579 g/mol. The van der Waals surface area contributed by atoms with Crippen LogP contribution in [0.2, 0.25) is 0 Å². The summed E-state index contributed by atoms with van der Waals surface area (Å²) in [6, 6.07) is 10.4. The number of aryl methyl sites for hydroxylation is 1. The highest BCUT2D eigenvalue weighted by atomic mass is 32.2. The Labute approximate surface area is 233 Å². The van der Waals surface area contributed by atoms with E-state index in [0.29, 0.717) is 29.9 Å². The molecule has 3 N–H and O–H groups in total. The van der Waals surface area contributed by atoms with Crippen LogP contribution in [0.15, 0.2) is 54.9 Å². The minimum absolute atomic E-state index is 0.0299. The first-order valence-corrected chi connectivity index (χ1v) is 14.4. The van der Waals surface area contributed by atoms with Crippen LogP contribution < -0.4 is 10.5 Å². The third-order valence-electron chi connectivity index (χ3n) is 7.09. The molecule has 3 aromatic heterocycles. The van der Waals surface area contributed by atoms with Gasteiger partial charge < -0.3 is 15.5 Å². The van der Waals surface area contributed by atoms with Crippen molar-refractivity contribution < 1.29 is 26.7 Å². The summed E-state index contributed by atoms with van der Waals surface area (Å²) >= 11 is 0. The maximum absolute atomic E-state index is 14.0. The second-order valence-electron chi connectivity index (χ2n) is 9.88. The van der Waals surface area contributed by atoms with E-state index in [1.807, 2.05) is 12.1 Å². The second kappa shape index (κ2) is 9.78. The number of hydrogen-bond acceptors (Lipinski definition) is 7. The number of nitrogens with one attached hydrogen (secondary N) is 1. The molecular formula is C28H24F2N6O4S. The fraction of sp³-hybridized carbons (Fsp3) is 0.179. The fourth-order valence-electron chi connectivity index (χ4n) is 4.93. The molecule has 10 nitrogen and oxygen atoms in total. The van der Waals surface area contributed by atoms with Crippen molar-refractivity contribution in [1.82, 2.24) is 24.1 Å². The number of sulfonamides is 1. The molecule has 0 aliphatic carbocycles. The van der Waals surface area contributed by atoms with E-state index >= 15 is 0 Å². The first kappa shape index (κ1) is 26.6. The van der Waals surface area contributed by atoms with Gasteiger partial charge in [-0.2, -0.15) is 9.40 Å². The lowest BCUT2D eigenvalue weighted by atomic mass is 9.99. The van der Waals surface area contributed by atoms with E-state index in [2.05, 4.69) is 15.1 Å². The zero-order valence-corrected chi connectivity index (χ0v) is 22.8. The van der Waals surface area contributed by atoms with Gasteiger partial charge in [0.05, 0.1) is 35.6 Å². The minimum atomic E-state index is -3.31. The van der Waals surface area contributed by atoms with Crippen molar-refractivity contribution in [3.8, 4) is 17.3 Å². The van der Waals surface area contributed by atoms with Crippen molar-refractivity contribution in [2.75, 3.05) is 18.5 Å². The maximum Gasteiger partial charge on any atom is 0.219 e. The van der Waals surface area contributed by atoms with Crippen LogP contribution in [0, 0.1) is 18.6 Å². The van der Waals surface area contributed by atoms with Crippen LogP contribution in [-0.4, -0.2) is 51.1 Å². The first-order chi connectivity index (χ1) is 19.5. The third kappa shape index (κ3) is 4.83. The molecule has 0 unspecified atom stereocenters. The Hall–Kier alpha value is -4.62. The number of para-hydroxylation sites is 1. The average Bonchev–Trinajstić information content (AvgIpc) is 3.51. The number of ketones is 1. The molecule has 13 heteroatoms. The van der Waals surface area contributed by atoms with Gasteiger partial charge in [0, 0.05) is 30.1 Å². The lowest BCUT2D eigenvalue weighted by Crippen LogP contribution is -2.35. The Balaban J connectivity index is 1.27. The molecule has 4 heterocycles. The van der Waals surface area contributed by atoms with E-state index in [0.717, 1.165) is 34.2 Å². The van der Waals surface area contributed by atoms with E-state index in [9.17, 15) is 22.0 Å². The Morgan fingerprint density at radius 3 is 2.56 bits per heavy atom. The summed E-state index contributed by atoms with van der Waals surface area (Å²) in [6.45, 7) is 2.40. The van der Waals surface area contributed by atoms with Gasteiger partial charge in [-0.25, -0.2) is 26.9 Å². The number of benzene rings is 2. The molecule has 0 atom stereocenters. The highest BCUT2D eigenvalue weighted by Gasteiger charge is 2.25. The molecule has 0 spiro atoms. The van der Waals surface area contributed by atoms with Crippen molar-refractivity contribution in [1.29, 1.82) is 0 Å². The number of pyridine rings is 1. The van der Waals surface area contributed by atoms with Crippen LogP contribution in [0.1, 0.15) is 32.7 Å². The number of anilines is 1. The quantitative estimate of drug-likeness (QED) is 0.287. The number of ether oxygens (including phenoxy) is 1. The molecule has 0 saturated carbocycles. The first-order valence-electron chi connectivity index (χ1n) is 12.6. The topological polar surface area (TPSA) is 136 Å². The van der Waals surface area contributed by atoms with Crippen molar-refractivity contribution in [2.24, 2.45) is 0 Å². The molecule has 0 radical (unpaired) electrons. The monoisotopic (exact) mass is 578 g/mol. The Kier molecular flexibility index (Phi) is 6.35. The van der Waals surface area contributed by atoms with Crippen LogP contribution in [-0.2, 0) is 23.0 Å². The Morgan fingerprint density at radius 2 is 1.85 bits per heavy atom. The maximum atomic E-state index is 14.0. The van der Waals surface area contributed by atoms with Crippen LogP contribution in [0.5, 0.6) is 11.6 Å². The summed E-state index contributed by atoms with van der Waals surface area (Å²) in [4.78, 5) is 20.7. The van der Waals surface area contributed by atoms with Crippen LogP contribution in [0.25, 0.3) is 16.6 Å². The molecule has 0 fully saturated rings. The van der Waals surface area contributed by atoms with Crippen molar-refractivity contribution in [2.45, 2.75) is 19.9 Å². The van der Waals surface area contributed by atoms with Gasteiger partial charge in [-0.1, -0.05) is 6.07 Å². The summed E-state index contributed by atoms with van der Waals surface area (Å²) in [6.07, 6.45) is 4.51. The second-order valence-corrected chi connectivity index (χ2v) is 11.9. The molecule has 0 saturated heterocycles. The smallest absolute Gasteiger partial charge is 0.219 e. The van der Waals surface area contributed by atoms with Crippen molar-refractivity contribution >= 4 is 32.5 Å². The Morgan fingerprint density at radius 1 is 1.10 bits per heavy atom. The largest absolute Gasteiger partial charge is 0.433 e. The lowest BCUT2D eigenvalue weighted by molar-refractivity contribution is 0.103. The molecule has 5 aromatic rings. The SMILES string of the molecule is Cc1cc(Oc2c(F)cccc2F)ncc1-n1ncc(C(=O)c2cc3cc4c(cc3[nH]2)CCN(S(C)(=O)=O)C4)c1N. The van der Waals surface area contributed by atoms with Gasteiger partial charge in [-0.3, -0.25) is 4.79 Å². The van der Waals surface area contributed by atoms with Gasteiger partial charge >= 0.3 is 0 Å². The predicted molar refractivity (Wildman–Crippen MR) is 148 cm³/mol. The standard InChI is InChI=1S/C28H24F2N6O4S/c1-15-8-25(40-27-20(29)4-3-5-21(27)30)32-13-24(15)36-28(31)19(12-33-36)26(37)23-11-17-9-18-14-35(41(2,38)39)7-6-16(18)10-22(17)34-23/h3-5,8-13,34H,6-7,14,31H2,1-2H3. The normalized spacial score (nSPS) is 13.9. The van der Waals surface area contributed by atoms with Gasteiger partial charge in [0.1, 0.15) is 5.82 Å². The Bertz CT molecular complexity index is 1950. The number of aromatic amines is 1. The molecule has 210 valence electrons. The number of carbonyl (C=O) groups is 1. The van der Waals surface area contributed by atoms with E-state index in [-0.39, 0.29) is 29.6 Å². The van der Waals surface area contributed by atoms with Gasteiger partial charge in [-0.05, 0) is 60.4 Å². The summed E-state index contributed by atoms with van der Waals surface area (Å²) in [5.74, 6) is -2.61. The number of H-pyrrole nitrogens is 1. The summed E-state index contributed by atoms with van der Waals surface area (Å²) in [5.41, 5.74) is 10.5. The number of rotatable bonds is 6. The van der Waals surface area contributed by atoms with Crippen molar-refractivity contribution in [3.63, 3.8) is 0 Å². The van der Waals surface area contributed by atoms with E-state index in [1.165, 1.54) is 39.8 Å². The zero-order valence-electron chi connectivity index (χ0n) is 22.0. The number of aromatic nitrogens is 4. The number of nitrogen functional groups attached to an aromatic ring is 1. The summed E-state index contributed by atoms with van der Waals surface area (Å²) in [7, 11) is -3.31. The molecule has 0 bridgehead atoms. The lowest BCUT2D eigenvalue weighted by Gasteiger charge is -2.26. The summed E-state index contributed by atoms with van der Waals surface area (Å²) < 4.78 is 60.1. The highest BCUT2D eigenvalue weighted by molar-refractivity contribution is 7.88. The molecule has 2 aromatic carbocycles. The van der Waals surface area contributed by atoms with Crippen LogP contribution >= 0.6 is 0 Å².